The maximum atomic E-state index is 12.9. The van der Waals surface area contributed by atoms with Crippen LogP contribution in [0.4, 0.5) is 4.79 Å². The summed E-state index contributed by atoms with van der Waals surface area (Å²) < 4.78 is 5.27. The number of nitrogens with one attached hydrogen (secondary N) is 1. The molecule has 1 aliphatic heterocycles. The summed E-state index contributed by atoms with van der Waals surface area (Å²) >= 11 is 0. The third-order valence-electron chi connectivity index (χ3n) is 5.33. The molecular weight excluding hydrogens is 376 g/mol. The number of hydrogen-bond acceptors (Lipinski definition) is 3. The highest BCUT2D eigenvalue weighted by Crippen LogP contribution is 2.40. The van der Waals surface area contributed by atoms with E-state index in [1.165, 1.54) is 0 Å². The van der Waals surface area contributed by atoms with Crippen LogP contribution in [-0.2, 0) is 22.7 Å². The van der Waals surface area contributed by atoms with Gasteiger partial charge in [0.25, 0.3) is 0 Å². The molecule has 5 nitrogen and oxygen atoms in total. The number of carbonyl (C=O) groups is 2. The standard InChI is InChI=1S/C25H24N2O3/c28-24-22(16-26-25(29)30-18-20-12-6-2-7-13-20)23(21-14-8-3-9-15-21)27(24)17-19-10-4-1-5-11-19/h1-15,22-23H,16-18H2,(H,26,29)/t22-,23-/m1/s1. The molecule has 0 aliphatic carbocycles. The predicted molar refractivity (Wildman–Crippen MR) is 114 cm³/mol. The first-order valence-electron chi connectivity index (χ1n) is 10.1. The lowest BCUT2D eigenvalue weighted by Crippen LogP contribution is -2.57. The van der Waals surface area contributed by atoms with Gasteiger partial charge in [-0.1, -0.05) is 91.0 Å². The van der Waals surface area contributed by atoms with E-state index in [9.17, 15) is 9.59 Å². The normalized spacial score (nSPS) is 17.9. The molecular formula is C25H24N2O3. The molecule has 0 unspecified atom stereocenters. The molecule has 4 rings (SSSR count). The summed E-state index contributed by atoms with van der Waals surface area (Å²) in [5, 5.41) is 2.76. The van der Waals surface area contributed by atoms with Gasteiger partial charge in [0.15, 0.2) is 0 Å². The molecule has 30 heavy (non-hydrogen) atoms. The van der Waals surface area contributed by atoms with Gasteiger partial charge in [-0.05, 0) is 16.7 Å². The average molecular weight is 400 g/mol. The molecule has 0 bridgehead atoms. The lowest BCUT2D eigenvalue weighted by Gasteiger charge is -2.47. The number of carbonyl (C=O) groups excluding carboxylic acids is 2. The zero-order valence-electron chi connectivity index (χ0n) is 16.6. The molecule has 1 saturated heterocycles. The highest BCUT2D eigenvalue weighted by Gasteiger charge is 2.47. The van der Waals surface area contributed by atoms with Crippen molar-refractivity contribution >= 4 is 12.0 Å². The summed E-state index contributed by atoms with van der Waals surface area (Å²) in [6.07, 6.45) is -0.514. The monoisotopic (exact) mass is 400 g/mol. The van der Waals surface area contributed by atoms with E-state index in [0.717, 1.165) is 16.7 Å². The van der Waals surface area contributed by atoms with Crippen LogP contribution in [0, 0.1) is 5.92 Å². The van der Waals surface area contributed by atoms with Gasteiger partial charge < -0.3 is 15.0 Å². The molecule has 3 aromatic rings. The van der Waals surface area contributed by atoms with Gasteiger partial charge in [-0.2, -0.15) is 0 Å². The van der Waals surface area contributed by atoms with Crippen LogP contribution in [0.3, 0.4) is 0 Å². The lowest BCUT2D eigenvalue weighted by molar-refractivity contribution is -0.157. The molecule has 2 atom stereocenters. The summed E-state index contributed by atoms with van der Waals surface area (Å²) in [6, 6.07) is 29.3. The third-order valence-corrected chi connectivity index (χ3v) is 5.33. The van der Waals surface area contributed by atoms with Gasteiger partial charge in [0.2, 0.25) is 5.91 Å². The van der Waals surface area contributed by atoms with Crippen molar-refractivity contribution in [1.29, 1.82) is 0 Å². The minimum atomic E-state index is -0.514. The van der Waals surface area contributed by atoms with Crippen molar-refractivity contribution < 1.29 is 14.3 Å². The number of hydrogen-bond donors (Lipinski definition) is 1. The topological polar surface area (TPSA) is 58.6 Å². The Balaban J connectivity index is 1.39. The Bertz CT molecular complexity index is 977. The number of β-lactam (4-membered cyclic amide) rings is 1. The van der Waals surface area contributed by atoms with Gasteiger partial charge in [-0.25, -0.2) is 4.79 Å². The summed E-state index contributed by atoms with van der Waals surface area (Å²) in [7, 11) is 0. The summed E-state index contributed by atoms with van der Waals surface area (Å²) in [5.41, 5.74) is 3.07. The van der Waals surface area contributed by atoms with E-state index >= 15 is 0 Å². The van der Waals surface area contributed by atoms with Gasteiger partial charge in [0, 0.05) is 13.1 Å². The van der Waals surface area contributed by atoms with Gasteiger partial charge in [0.05, 0.1) is 12.0 Å². The number of alkyl carbamates (subject to hydrolysis) is 1. The number of ether oxygens (including phenoxy) is 1. The second kappa shape index (κ2) is 9.27. The van der Waals surface area contributed by atoms with E-state index in [0.29, 0.717) is 6.54 Å². The molecule has 152 valence electrons. The van der Waals surface area contributed by atoms with E-state index in [-0.39, 0.29) is 31.0 Å². The van der Waals surface area contributed by atoms with Crippen LogP contribution in [0.1, 0.15) is 22.7 Å². The largest absolute Gasteiger partial charge is 0.445 e. The Morgan fingerprint density at radius 2 is 1.40 bits per heavy atom. The highest BCUT2D eigenvalue weighted by atomic mass is 16.5. The molecule has 5 heteroatoms. The SMILES string of the molecule is O=C(NC[C@H]1C(=O)N(Cc2ccccc2)[C@@H]1c1ccccc1)OCc1ccccc1. The fourth-order valence-corrected chi connectivity index (χ4v) is 3.81. The van der Waals surface area contributed by atoms with Crippen molar-refractivity contribution in [3.8, 4) is 0 Å². The van der Waals surface area contributed by atoms with E-state index in [2.05, 4.69) is 5.32 Å². The second-order valence-electron chi connectivity index (χ2n) is 7.36. The minimum Gasteiger partial charge on any atom is -0.445 e. The van der Waals surface area contributed by atoms with Crippen molar-refractivity contribution in [1.82, 2.24) is 10.2 Å². The minimum absolute atomic E-state index is 0.0380. The maximum absolute atomic E-state index is 12.9. The first kappa shape index (κ1) is 19.7. The molecule has 1 N–H and O–H groups in total. The van der Waals surface area contributed by atoms with E-state index in [4.69, 9.17) is 4.74 Å². The van der Waals surface area contributed by atoms with Crippen LogP contribution in [0.15, 0.2) is 91.0 Å². The average Bonchev–Trinajstić information content (AvgIpc) is 2.80. The van der Waals surface area contributed by atoms with E-state index < -0.39 is 6.09 Å². The quantitative estimate of drug-likeness (QED) is 0.601. The van der Waals surface area contributed by atoms with Gasteiger partial charge in [0.1, 0.15) is 6.61 Å². The zero-order valence-corrected chi connectivity index (χ0v) is 16.6. The van der Waals surface area contributed by atoms with Gasteiger partial charge >= 0.3 is 6.09 Å². The third kappa shape index (κ3) is 4.51. The van der Waals surface area contributed by atoms with Crippen LogP contribution in [0.5, 0.6) is 0 Å². The fraction of sp³-hybridized carbons (Fsp3) is 0.200. The molecule has 3 aromatic carbocycles. The molecule has 1 fully saturated rings. The Morgan fingerprint density at radius 1 is 0.833 bits per heavy atom. The number of nitrogens with zero attached hydrogens (tertiary/aromatic N) is 1. The summed E-state index contributed by atoms with van der Waals surface area (Å²) in [5.74, 6) is -0.267. The molecule has 1 heterocycles. The van der Waals surface area contributed by atoms with Crippen LogP contribution < -0.4 is 5.32 Å². The summed E-state index contributed by atoms with van der Waals surface area (Å²) in [4.78, 5) is 26.9. The smallest absolute Gasteiger partial charge is 0.407 e. The van der Waals surface area contributed by atoms with Crippen molar-refractivity contribution in [3.63, 3.8) is 0 Å². The number of benzene rings is 3. The van der Waals surface area contributed by atoms with Crippen LogP contribution in [0.25, 0.3) is 0 Å². The number of rotatable bonds is 7. The molecule has 0 radical (unpaired) electrons. The van der Waals surface area contributed by atoms with Crippen molar-refractivity contribution in [2.45, 2.75) is 19.2 Å². The Labute approximate surface area is 176 Å². The van der Waals surface area contributed by atoms with Crippen LogP contribution in [0.2, 0.25) is 0 Å². The van der Waals surface area contributed by atoms with Crippen molar-refractivity contribution in [3.05, 3.63) is 108 Å². The molecule has 0 spiro atoms. The van der Waals surface area contributed by atoms with Gasteiger partial charge in [-0.3, -0.25) is 4.79 Å². The Hall–Kier alpha value is -3.60. The maximum Gasteiger partial charge on any atom is 0.407 e. The first-order chi connectivity index (χ1) is 14.7. The Morgan fingerprint density at radius 3 is 2.03 bits per heavy atom. The Kier molecular flexibility index (Phi) is 6.09. The second-order valence-corrected chi connectivity index (χ2v) is 7.36. The molecule has 0 saturated carbocycles. The van der Waals surface area contributed by atoms with E-state index in [1.807, 2.05) is 95.9 Å². The zero-order chi connectivity index (χ0) is 20.8. The van der Waals surface area contributed by atoms with Crippen molar-refractivity contribution in [2.24, 2.45) is 5.92 Å². The highest BCUT2D eigenvalue weighted by molar-refractivity contribution is 5.87. The lowest BCUT2D eigenvalue weighted by atomic mass is 9.82. The first-order valence-corrected chi connectivity index (χ1v) is 10.1. The molecule has 0 aromatic heterocycles. The molecule has 1 aliphatic rings. The molecule has 2 amide bonds. The van der Waals surface area contributed by atoms with Crippen LogP contribution in [-0.4, -0.2) is 23.4 Å². The number of likely N-dealkylation sites (tertiary alicyclic amines) is 1. The van der Waals surface area contributed by atoms with Crippen molar-refractivity contribution in [2.75, 3.05) is 6.54 Å². The van der Waals surface area contributed by atoms with Gasteiger partial charge in [-0.15, -0.1) is 0 Å². The number of amides is 2. The predicted octanol–water partition coefficient (Wildman–Crippen LogP) is 4.31. The fourth-order valence-electron chi connectivity index (χ4n) is 3.81. The van der Waals surface area contributed by atoms with E-state index in [1.54, 1.807) is 0 Å². The summed E-state index contributed by atoms with van der Waals surface area (Å²) in [6.45, 7) is 0.999. The van der Waals surface area contributed by atoms with Crippen LogP contribution >= 0.6 is 0 Å².